The molecule has 1 rings (SSSR count). The van der Waals surface area contributed by atoms with Gasteiger partial charge < -0.3 is 5.32 Å². The Morgan fingerprint density at radius 3 is 2.67 bits per heavy atom. The fourth-order valence-corrected chi connectivity index (χ4v) is 1.41. The second-order valence-electron chi connectivity index (χ2n) is 3.63. The van der Waals surface area contributed by atoms with Crippen molar-refractivity contribution in [1.82, 2.24) is 5.32 Å². The van der Waals surface area contributed by atoms with E-state index in [1.807, 2.05) is 6.07 Å². The number of nitriles is 1. The van der Waals surface area contributed by atoms with Gasteiger partial charge in [0.05, 0.1) is 6.07 Å². The van der Waals surface area contributed by atoms with E-state index >= 15 is 0 Å². The first-order valence-corrected chi connectivity index (χ1v) is 4.33. The Morgan fingerprint density at radius 1 is 1.67 bits per heavy atom. The Balaban J connectivity index is 2.24. The molecule has 0 aromatic heterocycles. The van der Waals surface area contributed by atoms with Gasteiger partial charge in [0.25, 0.3) is 0 Å². The predicted molar refractivity (Wildman–Crippen MR) is 45.1 cm³/mol. The number of rotatable bonds is 2. The quantitative estimate of drug-likeness (QED) is 0.667. The maximum absolute atomic E-state index is 11.2. The number of hydrogen-bond acceptors (Lipinski definition) is 2. The second kappa shape index (κ2) is 3.57. The fraction of sp³-hybridized carbons (Fsp3) is 0.778. The topological polar surface area (TPSA) is 52.9 Å². The zero-order valence-corrected chi connectivity index (χ0v) is 7.50. The lowest BCUT2D eigenvalue weighted by Gasteiger charge is -2.33. The van der Waals surface area contributed by atoms with E-state index in [1.54, 1.807) is 6.92 Å². The van der Waals surface area contributed by atoms with Gasteiger partial charge in [-0.25, -0.2) is 0 Å². The molecule has 1 unspecified atom stereocenters. The van der Waals surface area contributed by atoms with Crippen LogP contribution < -0.4 is 5.32 Å². The molecule has 0 spiro atoms. The van der Waals surface area contributed by atoms with Crippen LogP contribution in [-0.4, -0.2) is 11.9 Å². The highest BCUT2D eigenvalue weighted by Gasteiger charge is 2.27. The molecule has 1 fully saturated rings. The Hall–Kier alpha value is -1.04. The molecular weight excluding hydrogens is 152 g/mol. The summed E-state index contributed by atoms with van der Waals surface area (Å²) in [5.41, 5.74) is 0. The van der Waals surface area contributed by atoms with Crippen LogP contribution in [0.5, 0.6) is 0 Å². The van der Waals surface area contributed by atoms with Crippen LogP contribution in [0, 0.1) is 23.2 Å². The van der Waals surface area contributed by atoms with E-state index in [2.05, 4.69) is 12.2 Å². The molecule has 12 heavy (non-hydrogen) atoms. The zero-order chi connectivity index (χ0) is 9.14. The van der Waals surface area contributed by atoms with Crippen molar-refractivity contribution in [1.29, 1.82) is 5.26 Å². The molecule has 0 radical (unpaired) electrons. The molecule has 0 aliphatic heterocycles. The lowest BCUT2D eigenvalue weighted by molar-refractivity contribution is -0.124. The van der Waals surface area contributed by atoms with Crippen molar-refractivity contribution >= 4 is 5.91 Å². The van der Waals surface area contributed by atoms with Crippen LogP contribution in [0.4, 0.5) is 0 Å². The van der Waals surface area contributed by atoms with E-state index in [-0.39, 0.29) is 5.91 Å². The molecule has 1 atom stereocenters. The minimum absolute atomic E-state index is 0.130. The van der Waals surface area contributed by atoms with Crippen molar-refractivity contribution in [2.45, 2.75) is 32.7 Å². The maximum atomic E-state index is 11.2. The van der Waals surface area contributed by atoms with E-state index < -0.39 is 5.92 Å². The summed E-state index contributed by atoms with van der Waals surface area (Å²) in [6.45, 7) is 3.79. The highest BCUT2D eigenvalue weighted by molar-refractivity contribution is 5.80. The second-order valence-corrected chi connectivity index (χ2v) is 3.63. The van der Waals surface area contributed by atoms with Crippen molar-refractivity contribution < 1.29 is 4.79 Å². The molecule has 1 N–H and O–H groups in total. The van der Waals surface area contributed by atoms with Crippen LogP contribution in [0.15, 0.2) is 0 Å². The van der Waals surface area contributed by atoms with E-state index in [4.69, 9.17) is 5.26 Å². The average molecular weight is 166 g/mol. The first-order chi connectivity index (χ1) is 5.63. The molecule has 0 bridgehead atoms. The molecule has 1 amide bonds. The summed E-state index contributed by atoms with van der Waals surface area (Å²) < 4.78 is 0. The minimum Gasteiger partial charge on any atom is -0.352 e. The van der Waals surface area contributed by atoms with Gasteiger partial charge in [-0.15, -0.1) is 0 Å². The highest BCUT2D eigenvalue weighted by Crippen LogP contribution is 2.26. The van der Waals surface area contributed by atoms with Crippen molar-refractivity contribution in [3.8, 4) is 6.07 Å². The van der Waals surface area contributed by atoms with Gasteiger partial charge in [-0.05, 0) is 25.7 Å². The summed E-state index contributed by atoms with van der Waals surface area (Å²) in [4.78, 5) is 11.2. The lowest BCUT2D eigenvalue weighted by atomic mass is 9.82. The van der Waals surface area contributed by atoms with Crippen LogP contribution in [0.3, 0.4) is 0 Å². The minimum atomic E-state index is -0.513. The van der Waals surface area contributed by atoms with Crippen molar-refractivity contribution in [3.05, 3.63) is 0 Å². The third-order valence-corrected chi connectivity index (χ3v) is 2.31. The summed E-state index contributed by atoms with van der Waals surface area (Å²) in [6, 6.07) is 2.24. The van der Waals surface area contributed by atoms with Gasteiger partial charge in [-0.1, -0.05) is 6.92 Å². The standard InChI is InChI=1S/C9H14N2O/c1-6-3-8(4-6)11-9(12)7(2)5-10/h6-8H,3-4H2,1-2H3,(H,11,12). The number of nitrogens with one attached hydrogen (secondary N) is 1. The molecule has 1 aliphatic rings. The van der Waals surface area contributed by atoms with Gasteiger partial charge in [0.15, 0.2) is 0 Å². The molecule has 1 saturated carbocycles. The van der Waals surface area contributed by atoms with Crippen LogP contribution >= 0.6 is 0 Å². The summed E-state index contributed by atoms with van der Waals surface area (Å²) in [6.07, 6.45) is 2.12. The summed E-state index contributed by atoms with van der Waals surface area (Å²) >= 11 is 0. The first-order valence-electron chi connectivity index (χ1n) is 4.33. The molecule has 0 heterocycles. The van der Waals surface area contributed by atoms with E-state index in [1.165, 1.54) is 0 Å². The molecule has 1 aliphatic carbocycles. The lowest BCUT2D eigenvalue weighted by Crippen LogP contribution is -2.45. The zero-order valence-electron chi connectivity index (χ0n) is 7.50. The Labute approximate surface area is 72.8 Å². The molecule has 0 aromatic rings. The van der Waals surface area contributed by atoms with Crippen LogP contribution in [0.25, 0.3) is 0 Å². The van der Waals surface area contributed by atoms with Gasteiger partial charge in [0.1, 0.15) is 5.92 Å². The monoisotopic (exact) mass is 166 g/mol. The highest BCUT2D eigenvalue weighted by atomic mass is 16.1. The number of hydrogen-bond donors (Lipinski definition) is 1. The normalized spacial score (nSPS) is 29.8. The number of carbonyl (C=O) groups excluding carboxylic acids is 1. The molecular formula is C9H14N2O. The van der Waals surface area contributed by atoms with Gasteiger partial charge in [-0.2, -0.15) is 5.26 Å². The van der Waals surface area contributed by atoms with Crippen molar-refractivity contribution in [2.24, 2.45) is 11.8 Å². The number of amides is 1. The summed E-state index contributed by atoms with van der Waals surface area (Å²) in [7, 11) is 0. The molecule has 66 valence electrons. The Morgan fingerprint density at radius 2 is 2.25 bits per heavy atom. The van der Waals surface area contributed by atoms with Gasteiger partial charge in [0, 0.05) is 6.04 Å². The summed E-state index contributed by atoms with van der Waals surface area (Å²) in [5.74, 6) is 0.0861. The molecule has 3 heteroatoms. The van der Waals surface area contributed by atoms with E-state index in [9.17, 15) is 4.79 Å². The maximum Gasteiger partial charge on any atom is 0.237 e. The van der Waals surface area contributed by atoms with Gasteiger partial charge >= 0.3 is 0 Å². The molecule has 0 aromatic carbocycles. The fourth-order valence-electron chi connectivity index (χ4n) is 1.41. The average Bonchev–Trinajstić information content (AvgIpc) is 2.00. The van der Waals surface area contributed by atoms with Gasteiger partial charge in [0.2, 0.25) is 5.91 Å². The third kappa shape index (κ3) is 1.97. The predicted octanol–water partition coefficient (Wildman–Crippen LogP) is 1.06. The van der Waals surface area contributed by atoms with Crippen LogP contribution in [-0.2, 0) is 4.79 Å². The van der Waals surface area contributed by atoms with Crippen molar-refractivity contribution in [2.75, 3.05) is 0 Å². The Kier molecular flexibility index (Phi) is 2.69. The third-order valence-electron chi connectivity index (χ3n) is 2.31. The van der Waals surface area contributed by atoms with Crippen LogP contribution in [0.1, 0.15) is 26.7 Å². The summed E-state index contributed by atoms with van der Waals surface area (Å²) in [5, 5.41) is 11.3. The van der Waals surface area contributed by atoms with Crippen LogP contribution in [0.2, 0.25) is 0 Å². The SMILES string of the molecule is CC1CC(NC(=O)C(C)C#N)C1. The largest absolute Gasteiger partial charge is 0.352 e. The van der Waals surface area contributed by atoms with E-state index in [0.29, 0.717) is 6.04 Å². The smallest absolute Gasteiger partial charge is 0.237 e. The van der Waals surface area contributed by atoms with Gasteiger partial charge in [-0.3, -0.25) is 4.79 Å². The Bertz CT molecular complexity index is 213. The van der Waals surface area contributed by atoms with E-state index in [0.717, 1.165) is 18.8 Å². The first kappa shape index (κ1) is 9.05. The molecule has 3 nitrogen and oxygen atoms in total. The number of nitrogens with zero attached hydrogens (tertiary/aromatic N) is 1. The molecule has 0 saturated heterocycles. The number of carbonyl (C=O) groups is 1. The van der Waals surface area contributed by atoms with Crippen molar-refractivity contribution in [3.63, 3.8) is 0 Å².